The largest absolute Gasteiger partial charge is 0.486 e. The highest BCUT2D eigenvalue weighted by Crippen LogP contribution is 2.29. The number of nitrogens with zero attached hydrogens (tertiary/aromatic N) is 2. The lowest BCUT2D eigenvalue weighted by Crippen LogP contribution is -2.57. The van der Waals surface area contributed by atoms with E-state index in [0.717, 1.165) is 11.3 Å². The molecule has 0 aliphatic carbocycles. The third-order valence-corrected chi connectivity index (χ3v) is 5.61. The van der Waals surface area contributed by atoms with Crippen molar-refractivity contribution in [2.24, 2.45) is 5.92 Å². The van der Waals surface area contributed by atoms with Crippen molar-refractivity contribution in [3.8, 4) is 5.75 Å². The fraction of sp³-hybridized carbons (Fsp3) is 0.409. The van der Waals surface area contributed by atoms with E-state index in [1.165, 1.54) is 11.6 Å². The van der Waals surface area contributed by atoms with Gasteiger partial charge in [-0.15, -0.1) is 0 Å². The first kappa shape index (κ1) is 19.2. The molecule has 4 rings (SSSR count). The average molecular weight is 396 g/mol. The molecule has 2 fully saturated rings. The van der Waals surface area contributed by atoms with Crippen LogP contribution < -0.4 is 15.3 Å². The number of ether oxygens (including phenoxy) is 1. The first-order valence-electron chi connectivity index (χ1n) is 9.75. The van der Waals surface area contributed by atoms with Crippen LogP contribution in [0.5, 0.6) is 5.75 Å². The summed E-state index contributed by atoms with van der Waals surface area (Å²) in [6.07, 6.45) is 0.0697. The Morgan fingerprint density at radius 1 is 1.03 bits per heavy atom. The molecule has 152 valence electrons. The summed E-state index contributed by atoms with van der Waals surface area (Å²) in [6.45, 7) is 7.03. The van der Waals surface area contributed by atoms with E-state index in [1.807, 2.05) is 32.0 Å². The van der Waals surface area contributed by atoms with Crippen molar-refractivity contribution in [3.05, 3.63) is 57.6 Å². The molecule has 1 aromatic carbocycles. The van der Waals surface area contributed by atoms with Crippen LogP contribution >= 0.6 is 0 Å². The Kier molecular flexibility index (Phi) is 4.90. The van der Waals surface area contributed by atoms with Crippen LogP contribution in [-0.4, -0.2) is 42.5 Å². The Morgan fingerprint density at radius 2 is 1.79 bits per heavy atom. The van der Waals surface area contributed by atoms with Gasteiger partial charge in [-0.05, 0) is 44.0 Å². The Balaban J connectivity index is 1.34. The summed E-state index contributed by atoms with van der Waals surface area (Å²) in [5.74, 6) is 0.555. The first-order chi connectivity index (χ1) is 13.8. The van der Waals surface area contributed by atoms with Gasteiger partial charge in [0.05, 0.1) is 25.1 Å². The third-order valence-electron chi connectivity index (χ3n) is 5.61. The number of amides is 2. The second kappa shape index (κ2) is 7.39. The van der Waals surface area contributed by atoms with Crippen LogP contribution in [0.1, 0.15) is 23.3 Å². The standard InChI is InChI=1S/C22H24N2O5/c1-13-4-5-17(6-14(13)2)24-10-16(8-20(24)25)22(27)23-11-19(12-23)29-18-7-15(3)28-21(26)9-18/h4-7,9,16,19H,8,10-12H2,1-3H3/t16-/m0/s1. The normalized spacial score (nSPS) is 19.4. The number of carbonyl (C=O) groups is 2. The summed E-state index contributed by atoms with van der Waals surface area (Å²) in [6, 6.07) is 8.87. The fourth-order valence-corrected chi connectivity index (χ4v) is 3.80. The maximum atomic E-state index is 12.8. The van der Waals surface area contributed by atoms with E-state index in [4.69, 9.17) is 9.15 Å². The van der Waals surface area contributed by atoms with Gasteiger partial charge >= 0.3 is 5.63 Å². The molecular formula is C22H24N2O5. The molecule has 7 nitrogen and oxygen atoms in total. The molecule has 2 saturated heterocycles. The number of hydrogen-bond donors (Lipinski definition) is 0. The molecule has 2 aliphatic heterocycles. The molecule has 0 saturated carbocycles. The van der Waals surface area contributed by atoms with Gasteiger partial charge in [0, 0.05) is 24.7 Å². The zero-order chi connectivity index (χ0) is 20.7. The van der Waals surface area contributed by atoms with Crippen LogP contribution in [0.15, 0.2) is 39.5 Å². The maximum Gasteiger partial charge on any atom is 0.339 e. The van der Waals surface area contributed by atoms with Crippen molar-refractivity contribution < 1.29 is 18.7 Å². The smallest absolute Gasteiger partial charge is 0.339 e. The van der Waals surface area contributed by atoms with Crippen LogP contribution in [0.4, 0.5) is 5.69 Å². The van der Waals surface area contributed by atoms with Crippen molar-refractivity contribution >= 4 is 17.5 Å². The van der Waals surface area contributed by atoms with Crippen LogP contribution in [0.25, 0.3) is 0 Å². The topological polar surface area (TPSA) is 80.1 Å². The minimum Gasteiger partial charge on any atom is -0.486 e. The second-order valence-electron chi connectivity index (χ2n) is 7.88. The highest BCUT2D eigenvalue weighted by molar-refractivity contribution is 6.00. The van der Waals surface area contributed by atoms with Crippen LogP contribution in [0.3, 0.4) is 0 Å². The molecule has 1 aromatic heterocycles. The number of aryl methyl sites for hydroxylation is 3. The Morgan fingerprint density at radius 3 is 2.48 bits per heavy atom. The summed E-state index contributed by atoms with van der Waals surface area (Å²) in [5.41, 5.74) is 2.68. The second-order valence-corrected chi connectivity index (χ2v) is 7.88. The van der Waals surface area contributed by atoms with Crippen molar-refractivity contribution in [1.82, 2.24) is 4.90 Å². The SMILES string of the molecule is Cc1cc(OC2CN(C(=O)[C@H]3CC(=O)N(c4ccc(C)c(C)c4)C3)C2)cc(=O)o1. The maximum absolute atomic E-state index is 12.8. The molecule has 0 unspecified atom stereocenters. The highest BCUT2D eigenvalue weighted by Gasteiger charge is 2.41. The predicted octanol–water partition coefficient (Wildman–Crippen LogP) is 2.21. The van der Waals surface area contributed by atoms with Crippen molar-refractivity contribution in [2.75, 3.05) is 24.5 Å². The summed E-state index contributed by atoms with van der Waals surface area (Å²) in [7, 11) is 0. The Labute approximate surface area is 168 Å². The molecule has 2 aromatic rings. The van der Waals surface area contributed by atoms with Gasteiger partial charge < -0.3 is 19.0 Å². The van der Waals surface area contributed by atoms with E-state index in [2.05, 4.69) is 0 Å². The minimum absolute atomic E-state index is 0.0201. The van der Waals surface area contributed by atoms with E-state index in [0.29, 0.717) is 31.1 Å². The molecule has 2 aliphatic rings. The van der Waals surface area contributed by atoms with E-state index >= 15 is 0 Å². The van der Waals surface area contributed by atoms with E-state index in [1.54, 1.807) is 22.8 Å². The van der Waals surface area contributed by atoms with Crippen molar-refractivity contribution in [1.29, 1.82) is 0 Å². The molecule has 0 N–H and O–H groups in total. The molecule has 7 heteroatoms. The monoisotopic (exact) mass is 396 g/mol. The number of carbonyl (C=O) groups excluding carboxylic acids is 2. The van der Waals surface area contributed by atoms with Crippen LogP contribution in [0, 0.1) is 26.7 Å². The lowest BCUT2D eigenvalue weighted by atomic mass is 10.0. The summed E-state index contributed by atoms with van der Waals surface area (Å²) in [4.78, 5) is 40.1. The molecule has 1 atom stereocenters. The number of benzene rings is 1. The van der Waals surface area contributed by atoms with Gasteiger partial charge in [-0.3, -0.25) is 9.59 Å². The lowest BCUT2D eigenvalue weighted by molar-refractivity contribution is -0.144. The van der Waals surface area contributed by atoms with Gasteiger partial charge in [0.1, 0.15) is 17.6 Å². The number of likely N-dealkylation sites (tertiary alicyclic amines) is 1. The molecule has 2 amide bonds. The molecule has 0 spiro atoms. The molecular weight excluding hydrogens is 372 g/mol. The number of anilines is 1. The van der Waals surface area contributed by atoms with Gasteiger partial charge in [-0.2, -0.15) is 0 Å². The molecule has 0 radical (unpaired) electrons. The van der Waals surface area contributed by atoms with Crippen molar-refractivity contribution in [3.63, 3.8) is 0 Å². The third kappa shape index (κ3) is 3.90. The van der Waals surface area contributed by atoms with Crippen molar-refractivity contribution in [2.45, 2.75) is 33.3 Å². The van der Waals surface area contributed by atoms with E-state index in [-0.39, 0.29) is 30.3 Å². The zero-order valence-corrected chi connectivity index (χ0v) is 16.8. The summed E-state index contributed by atoms with van der Waals surface area (Å²) >= 11 is 0. The van der Waals surface area contributed by atoms with Gasteiger partial charge in [0.25, 0.3) is 0 Å². The Hall–Kier alpha value is -3.09. The fourth-order valence-electron chi connectivity index (χ4n) is 3.80. The lowest BCUT2D eigenvalue weighted by Gasteiger charge is -2.40. The van der Waals surface area contributed by atoms with Crippen LogP contribution in [-0.2, 0) is 9.59 Å². The first-order valence-corrected chi connectivity index (χ1v) is 9.75. The van der Waals surface area contributed by atoms with Gasteiger partial charge in [0.2, 0.25) is 11.8 Å². The van der Waals surface area contributed by atoms with E-state index in [9.17, 15) is 14.4 Å². The number of hydrogen-bond acceptors (Lipinski definition) is 5. The van der Waals surface area contributed by atoms with Gasteiger partial charge in [0.15, 0.2) is 0 Å². The molecule has 0 bridgehead atoms. The van der Waals surface area contributed by atoms with Gasteiger partial charge in [-0.1, -0.05) is 6.07 Å². The number of rotatable bonds is 4. The van der Waals surface area contributed by atoms with Gasteiger partial charge in [-0.25, -0.2) is 4.79 Å². The quantitative estimate of drug-likeness (QED) is 0.792. The minimum atomic E-state index is -0.455. The zero-order valence-electron chi connectivity index (χ0n) is 16.8. The average Bonchev–Trinajstić information content (AvgIpc) is 3.00. The Bertz CT molecular complexity index is 1020. The van der Waals surface area contributed by atoms with Crippen LogP contribution in [0.2, 0.25) is 0 Å². The summed E-state index contributed by atoms with van der Waals surface area (Å²) in [5, 5.41) is 0. The predicted molar refractivity (Wildman–Crippen MR) is 107 cm³/mol. The highest BCUT2D eigenvalue weighted by atomic mass is 16.5. The molecule has 3 heterocycles. The molecule has 29 heavy (non-hydrogen) atoms. The van der Waals surface area contributed by atoms with E-state index < -0.39 is 5.63 Å². The summed E-state index contributed by atoms with van der Waals surface area (Å²) < 4.78 is 10.7.